The molecule has 1 heterocycles. The average Bonchev–Trinajstić information content (AvgIpc) is 2.79. The zero-order chi connectivity index (χ0) is 24.1. The van der Waals surface area contributed by atoms with Crippen molar-refractivity contribution in [3.8, 4) is 23.0 Å². The first-order valence-electron chi connectivity index (χ1n) is 10.1. The van der Waals surface area contributed by atoms with Crippen molar-refractivity contribution in [2.45, 2.75) is 13.8 Å². The molecule has 1 aliphatic heterocycles. The molecule has 1 N–H and O–H groups in total. The molecule has 1 fully saturated rings. The Morgan fingerprint density at radius 1 is 1.03 bits per heavy atom. The summed E-state index contributed by atoms with van der Waals surface area (Å²) in [5, 5.41) is 2.52. The van der Waals surface area contributed by atoms with E-state index in [2.05, 4.69) is 21.2 Å². The highest BCUT2D eigenvalue weighted by Crippen LogP contribution is 2.38. The summed E-state index contributed by atoms with van der Waals surface area (Å²) in [6, 6.07) is 8.39. The quantitative estimate of drug-likeness (QED) is 0.310. The minimum Gasteiger partial charge on any atom is -0.497 e. The van der Waals surface area contributed by atoms with Gasteiger partial charge in [0.1, 0.15) is 17.1 Å². The largest absolute Gasteiger partial charge is 0.497 e. The predicted octanol–water partition coefficient (Wildman–Crippen LogP) is 4.10. The Kier molecular flexibility index (Phi) is 7.93. The third-order valence-corrected chi connectivity index (χ3v) is 5.53. The second kappa shape index (κ2) is 10.7. The Labute approximate surface area is 205 Å². The van der Waals surface area contributed by atoms with Crippen LogP contribution in [0.2, 0.25) is 0 Å². The van der Waals surface area contributed by atoms with Crippen molar-refractivity contribution in [3.05, 3.63) is 45.9 Å². The molecule has 0 saturated carbocycles. The predicted molar refractivity (Wildman–Crippen MR) is 132 cm³/mol. The fraction of sp³-hybridized carbons (Fsp3) is 0.261. The zero-order valence-electron chi connectivity index (χ0n) is 18.6. The molecule has 2 amide bonds. The molecule has 2 aromatic carbocycles. The molecule has 0 unspecified atom stereocenters. The fourth-order valence-corrected chi connectivity index (χ4v) is 4.08. The molecule has 0 atom stereocenters. The van der Waals surface area contributed by atoms with Crippen LogP contribution >= 0.6 is 28.1 Å². The standard InChI is InChI=1S/C23H23BrN2O6S/c1-5-31-19-11-13(10-16(24)20(19)32-6-2)9-15-21(27)25-23(33)26(22(15)28)17-8-7-14(29-3)12-18(17)30-4/h7-12H,5-6H2,1-4H3,(H,25,27,33)/b15-9+. The lowest BCUT2D eigenvalue weighted by atomic mass is 10.1. The van der Waals surface area contributed by atoms with Crippen molar-refractivity contribution in [1.29, 1.82) is 0 Å². The lowest BCUT2D eigenvalue weighted by molar-refractivity contribution is -0.122. The van der Waals surface area contributed by atoms with Gasteiger partial charge in [-0.1, -0.05) is 0 Å². The van der Waals surface area contributed by atoms with Crippen molar-refractivity contribution >= 4 is 56.8 Å². The van der Waals surface area contributed by atoms with Crippen LogP contribution in [-0.2, 0) is 9.59 Å². The Hall–Kier alpha value is -3.11. The van der Waals surface area contributed by atoms with Gasteiger partial charge in [0, 0.05) is 6.07 Å². The first-order chi connectivity index (χ1) is 15.8. The number of hydrogen-bond donors (Lipinski definition) is 1. The molecule has 174 valence electrons. The molecule has 33 heavy (non-hydrogen) atoms. The highest BCUT2D eigenvalue weighted by molar-refractivity contribution is 9.10. The van der Waals surface area contributed by atoms with Crippen LogP contribution in [0.5, 0.6) is 23.0 Å². The van der Waals surface area contributed by atoms with Crippen LogP contribution in [0.25, 0.3) is 6.08 Å². The highest BCUT2D eigenvalue weighted by Gasteiger charge is 2.36. The molecule has 0 radical (unpaired) electrons. The number of amides is 2. The maximum atomic E-state index is 13.4. The molecular weight excluding hydrogens is 512 g/mol. The van der Waals surface area contributed by atoms with E-state index in [0.29, 0.717) is 51.9 Å². The van der Waals surface area contributed by atoms with E-state index in [1.54, 1.807) is 30.3 Å². The second-order valence-electron chi connectivity index (χ2n) is 6.69. The van der Waals surface area contributed by atoms with E-state index in [-0.39, 0.29) is 10.7 Å². The van der Waals surface area contributed by atoms with Crippen LogP contribution in [0, 0.1) is 0 Å². The van der Waals surface area contributed by atoms with Crippen LogP contribution in [-0.4, -0.2) is 44.4 Å². The van der Waals surface area contributed by atoms with Crippen molar-refractivity contribution in [1.82, 2.24) is 5.32 Å². The SMILES string of the molecule is CCOc1cc(/C=C2\C(=O)NC(=S)N(c3ccc(OC)cc3OC)C2=O)cc(Br)c1OCC. The molecule has 8 nitrogen and oxygen atoms in total. The molecule has 2 aromatic rings. The van der Waals surface area contributed by atoms with Gasteiger partial charge in [-0.05, 0) is 77.9 Å². The van der Waals surface area contributed by atoms with E-state index in [1.807, 2.05) is 13.8 Å². The van der Waals surface area contributed by atoms with Gasteiger partial charge in [0.05, 0.1) is 37.6 Å². The molecule has 3 rings (SSSR count). The summed E-state index contributed by atoms with van der Waals surface area (Å²) in [7, 11) is 3.00. The first-order valence-corrected chi connectivity index (χ1v) is 11.3. The number of halogens is 1. The number of nitrogens with zero attached hydrogens (tertiary/aromatic N) is 1. The number of rotatable bonds is 8. The van der Waals surface area contributed by atoms with Crippen molar-refractivity contribution in [2.24, 2.45) is 0 Å². The lowest BCUT2D eigenvalue weighted by Gasteiger charge is -2.30. The van der Waals surface area contributed by atoms with Gasteiger partial charge in [-0.15, -0.1) is 0 Å². The summed E-state index contributed by atoms with van der Waals surface area (Å²) >= 11 is 8.76. The normalized spacial score (nSPS) is 14.9. The van der Waals surface area contributed by atoms with Crippen LogP contribution in [0.1, 0.15) is 19.4 Å². The van der Waals surface area contributed by atoms with Crippen molar-refractivity contribution < 1.29 is 28.5 Å². The molecule has 0 aromatic heterocycles. The Bertz CT molecular complexity index is 1130. The summed E-state index contributed by atoms with van der Waals surface area (Å²) in [5.74, 6) is 0.767. The number of methoxy groups -OCH3 is 2. The Morgan fingerprint density at radius 2 is 1.76 bits per heavy atom. The van der Waals surface area contributed by atoms with Crippen LogP contribution in [0.15, 0.2) is 40.4 Å². The van der Waals surface area contributed by atoms with Gasteiger partial charge in [-0.25, -0.2) is 4.90 Å². The summed E-state index contributed by atoms with van der Waals surface area (Å²) < 4.78 is 22.6. The van der Waals surface area contributed by atoms with E-state index >= 15 is 0 Å². The van der Waals surface area contributed by atoms with Gasteiger partial charge in [-0.2, -0.15) is 0 Å². The fourth-order valence-electron chi connectivity index (χ4n) is 3.23. The van der Waals surface area contributed by atoms with Gasteiger partial charge < -0.3 is 18.9 Å². The van der Waals surface area contributed by atoms with Gasteiger partial charge >= 0.3 is 0 Å². The summed E-state index contributed by atoms with van der Waals surface area (Å²) in [4.78, 5) is 27.3. The average molecular weight is 535 g/mol. The Balaban J connectivity index is 2.06. The van der Waals surface area contributed by atoms with E-state index in [1.165, 1.54) is 25.2 Å². The van der Waals surface area contributed by atoms with Gasteiger partial charge in [0.25, 0.3) is 11.8 Å². The van der Waals surface area contributed by atoms with Crippen molar-refractivity contribution in [2.75, 3.05) is 32.3 Å². The summed E-state index contributed by atoms with van der Waals surface area (Å²) in [6.07, 6.45) is 1.48. The number of hydrogen-bond acceptors (Lipinski definition) is 7. The Morgan fingerprint density at radius 3 is 2.39 bits per heavy atom. The molecule has 0 aliphatic carbocycles. The number of carbonyl (C=O) groups excluding carboxylic acids is 2. The third-order valence-electron chi connectivity index (χ3n) is 4.66. The van der Waals surface area contributed by atoms with E-state index in [9.17, 15) is 9.59 Å². The van der Waals surface area contributed by atoms with E-state index in [4.69, 9.17) is 31.2 Å². The molecule has 10 heteroatoms. The number of thiocarbonyl (C=S) groups is 1. The van der Waals surface area contributed by atoms with Crippen molar-refractivity contribution in [3.63, 3.8) is 0 Å². The minimum absolute atomic E-state index is 0.0477. The monoisotopic (exact) mass is 534 g/mol. The minimum atomic E-state index is -0.600. The van der Waals surface area contributed by atoms with Crippen LogP contribution in [0.4, 0.5) is 5.69 Å². The van der Waals surface area contributed by atoms with Gasteiger partial charge in [0.15, 0.2) is 16.6 Å². The zero-order valence-corrected chi connectivity index (χ0v) is 21.0. The van der Waals surface area contributed by atoms with Crippen LogP contribution in [0.3, 0.4) is 0 Å². The number of benzene rings is 2. The molecule has 1 saturated heterocycles. The number of carbonyl (C=O) groups is 2. The topological polar surface area (TPSA) is 86.3 Å². The molecular formula is C23H23BrN2O6S. The smallest absolute Gasteiger partial charge is 0.270 e. The number of anilines is 1. The first kappa shape index (κ1) is 24.5. The van der Waals surface area contributed by atoms with Crippen LogP contribution < -0.4 is 29.2 Å². The number of ether oxygens (including phenoxy) is 4. The highest BCUT2D eigenvalue weighted by atomic mass is 79.9. The van der Waals surface area contributed by atoms with E-state index in [0.717, 1.165) is 0 Å². The van der Waals surface area contributed by atoms with E-state index < -0.39 is 11.8 Å². The maximum absolute atomic E-state index is 13.4. The second-order valence-corrected chi connectivity index (χ2v) is 7.93. The molecule has 0 bridgehead atoms. The van der Waals surface area contributed by atoms with Gasteiger partial charge in [-0.3, -0.25) is 14.9 Å². The third kappa shape index (κ3) is 5.12. The lowest BCUT2D eigenvalue weighted by Crippen LogP contribution is -2.54. The molecule has 0 spiro atoms. The number of nitrogens with one attached hydrogen (secondary N) is 1. The molecule has 1 aliphatic rings. The summed E-state index contributed by atoms with van der Waals surface area (Å²) in [5.41, 5.74) is 0.851. The van der Waals surface area contributed by atoms with Gasteiger partial charge in [0.2, 0.25) is 0 Å². The maximum Gasteiger partial charge on any atom is 0.270 e. The summed E-state index contributed by atoms with van der Waals surface area (Å²) in [6.45, 7) is 4.60.